The molecule has 0 aliphatic carbocycles. The van der Waals surface area contributed by atoms with Gasteiger partial charge in [0.2, 0.25) is 0 Å². The van der Waals surface area contributed by atoms with Crippen LogP contribution in [0, 0.1) is 0 Å². The van der Waals surface area contributed by atoms with Gasteiger partial charge in [0.25, 0.3) is 0 Å². The van der Waals surface area contributed by atoms with Crippen LogP contribution in [0.1, 0.15) is 26.7 Å². The minimum absolute atomic E-state index is 0.0773. The lowest BCUT2D eigenvalue weighted by molar-refractivity contribution is -0.116. The highest BCUT2D eigenvalue weighted by atomic mass is 35.5. The number of hydrogen-bond acceptors (Lipinski definition) is 1. The highest BCUT2D eigenvalue weighted by Gasteiger charge is 2.06. The largest absolute Gasteiger partial charge is 0.298 e. The lowest BCUT2D eigenvalue weighted by Gasteiger charge is -1.99. The fraction of sp³-hybridized carbons (Fsp3) is 0.833. The van der Waals surface area contributed by atoms with Crippen LogP contribution in [0.15, 0.2) is 0 Å². The Bertz CT molecular complexity index is 80.6. The normalized spacial score (nSPS) is 13.4. The number of rotatable bonds is 3. The van der Waals surface area contributed by atoms with Gasteiger partial charge in [0.15, 0.2) is 0 Å². The Balaban J connectivity index is 3.32. The van der Waals surface area contributed by atoms with Crippen molar-refractivity contribution >= 4 is 17.4 Å². The number of ketones is 1. The Labute approximate surface area is 55.0 Å². The Hall–Kier alpha value is -0.0400. The fourth-order valence-electron chi connectivity index (χ4n) is 0.457. The van der Waals surface area contributed by atoms with Crippen LogP contribution in [-0.2, 0) is 4.79 Å². The summed E-state index contributed by atoms with van der Waals surface area (Å²) < 4.78 is 0. The predicted octanol–water partition coefficient (Wildman–Crippen LogP) is 1.98. The van der Waals surface area contributed by atoms with Crippen molar-refractivity contribution in [2.24, 2.45) is 0 Å². The summed E-state index contributed by atoms with van der Waals surface area (Å²) in [5.41, 5.74) is 0. The molecule has 0 bridgehead atoms. The molecule has 0 amide bonds. The zero-order valence-corrected chi connectivity index (χ0v) is 6.03. The van der Waals surface area contributed by atoms with Gasteiger partial charge in [0, 0.05) is 0 Å². The predicted molar refractivity (Wildman–Crippen MR) is 35.2 cm³/mol. The molecule has 0 N–H and O–H groups in total. The van der Waals surface area contributed by atoms with Crippen molar-refractivity contribution in [2.75, 3.05) is 0 Å². The van der Waals surface area contributed by atoms with Crippen molar-refractivity contribution in [3.63, 3.8) is 0 Å². The summed E-state index contributed by atoms with van der Waals surface area (Å²) in [6.45, 7) is 3.53. The van der Waals surface area contributed by atoms with Crippen LogP contribution in [0.4, 0.5) is 0 Å². The fourth-order valence-corrected chi connectivity index (χ4v) is 0.675. The van der Waals surface area contributed by atoms with Crippen LogP contribution in [0.5, 0.6) is 0 Å². The van der Waals surface area contributed by atoms with Crippen LogP contribution in [0.3, 0.4) is 0 Å². The minimum atomic E-state index is -0.250. The number of halogens is 1. The maximum Gasteiger partial charge on any atom is 0.147 e. The van der Waals surface area contributed by atoms with Gasteiger partial charge in [-0.1, -0.05) is 13.3 Å². The zero-order chi connectivity index (χ0) is 6.57. The van der Waals surface area contributed by atoms with E-state index in [4.69, 9.17) is 11.6 Å². The van der Waals surface area contributed by atoms with Crippen molar-refractivity contribution in [1.82, 2.24) is 0 Å². The van der Waals surface area contributed by atoms with E-state index >= 15 is 0 Å². The van der Waals surface area contributed by atoms with Crippen molar-refractivity contribution in [2.45, 2.75) is 32.1 Å². The Morgan fingerprint density at radius 2 is 2.25 bits per heavy atom. The van der Waals surface area contributed by atoms with Crippen LogP contribution in [0.25, 0.3) is 0 Å². The van der Waals surface area contributed by atoms with Crippen LogP contribution < -0.4 is 0 Å². The maximum atomic E-state index is 10.4. The van der Waals surface area contributed by atoms with Gasteiger partial charge in [0.05, 0.1) is 5.38 Å². The molecule has 0 aromatic heterocycles. The number of carbonyl (C=O) groups excluding carboxylic acids is 1. The van der Waals surface area contributed by atoms with Crippen molar-refractivity contribution in [3.05, 3.63) is 0 Å². The average molecular weight is 135 g/mol. The molecule has 0 radical (unpaired) electrons. The Morgan fingerprint density at radius 3 is 2.38 bits per heavy atom. The summed E-state index contributed by atoms with van der Waals surface area (Å²) in [6.07, 6.45) is 1.78. The van der Waals surface area contributed by atoms with E-state index in [-0.39, 0.29) is 11.2 Å². The highest BCUT2D eigenvalue weighted by Crippen LogP contribution is 2.04. The smallest absolute Gasteiger partial charge is 0.147 e. The molecule has 0 fully saturated rings. The molecule has 0 aliphatic rings. The molecule has 48 valence electrons. The molecule has 0 aromatic carbocycles. The molecule has 0 rings (SSSR count). The van der Waals surface area contributed by atoms with E-state index in [2.05, 4.69) is 0 Å². The van der Waals surface area contributed by atoms with Crippen molar-refractivity contribution in [3.8, 4) is 0 Å². The quantitative estimate of drug-likeness (QED) is 0.540. The van der Waals surface area contributed by atoms with Gasteiger partial charge < -0.3 is 0 Å². The van der Waals surface area contributed by atoms with Gasteiger partial charge in [-0.3, -0.25) is 4.79 Å². The van der Waals surface area contributed by atoms with Crippen molar-refractivity contribution in [1.29, 1.82) is 0 Å². The molecule has 1 nitrogen and oxygen atoms in total. The molecule has 1 unspecified atom stereocenters. The van der Waals surface area contributed by atoms with Crippen LogP contribution in [-0.4, -0.2) is 11.2 Å². The van der Waals surface area contributed by atoms with Gasteiger partial charge >= 0.3 is 0 Å². The summed E-state index contributed by atoms with van der Waals surface area (Å²) in [5.74, 6) is 0.0773. The number of carbonyl (C=O) groups is 1. The second kappa shape index (κ2) is 3.90. The van der Waals surface area contributed by atoms with E-state index in [9.17, 15) is 4.79 Å². The number of alkyl halides is 1. The monoisotopic (exact) mass is 134 g/mol. The molecular weight excluding hydrogens is 124 g/mol. The molecular formula is C6H11ClO. The number of Topliss-reactive ketones (excluding diaryl/α,β-unsaturated/α-hetero) is 1. The third-order valence-corrected chi connectivity index (χ3v) is 1.51. The molecule has 1 atom stereocenters. The zero-order valence-electron chi connectivity index (χ0n) is 5.28. The molecule has 2 heteroatoms. The molecule has 0 aromatic rings. The number of hydrogen-bond donors (Lipinski definition) is 0. The molecule has 8 heavy (non-hydrogen) atoms. The lowest BCUT2D eigenvalue weighted by Crippen LogP contribution is -2.08. The first-order valence-electron chi connectivity index (χ1n) is 2.83. The van der Waals surface area contributed by atoms with Gasteiger partial charge in [-0.05, 0) is 13.3 Å². The Morgan fingerprint density at radius 1 is 1.75 bits per heavy atom. The third-order valence-electron chi connectivity index (χ3n) is 0.983. The standard InChI is InChI=1S/C6H11ClO/c1-3-4-6(7)5(2)8/h6H,3-4H2,1-2H3. The molecule has 0 saturated carbocycles. The topological polar surface area (TPSA) is 17.1 Å². The molecule has 0 aliphatic heterocycles. The summed E-state index contributed by atoms with van der Waals surface area (Å²) in [7, 11) is 0. The minimum Gasteiger partial charge on any atom is -0.298 e. The molecule has 0 spiro atoms. The summed E-state index contributed by atoms with van der Waals surface area (Å²) in [5, 5.41) is -0.250. The molecule has 0 heterocycles. The van der Waals surface area contributed by atoms with E-state index < -0.39 is 0 Å². The van der Waals surface area contributed by atoms with Gasteiger partial charge in [-0.25, -0.2) is 0 Å². The van der Waals surface area contributed by atoms with E-state index in [0.29, 0.717) is 0 Å². The second-order valence-corrected chi connectivity index (χ2v) is 2.39. The second-order valence-electron chi connectivity index (χ2n) is 1.87. The SMILES string of the molecule is CCCC(Cl)C(C)=O. The summed E-state index contributed by atoms with van der Waals surface area (Å²) >= 11 is 5.57. The van der Waals surface area contributed by atoms with Crippen LogP contribution >= 0.6 is 11.6 Å². The first-order valence-corrected chi connectivity index (χ1v) is 3.26. The van der Waals surface area contributed by atoms with E-state index in [1.54, 1.807) is 0 Å². The molecule has 0 saturated heterocycles. The first kappa shape index (κ1) is 7.96. The van der Waals surface area contributed by atoms with E-state index in [1.165, 1.54) is 6.92 Å². The Kier molecular flexibility index (Phi) is 3.88. The lowest BCUT2D eigenvalue weighted by atomic mass is 10.2. The summed E-state index contributed by atoms with van der Waals surface area (Å²) in [6, 6.07) is 0. The maximum absolute atomic E-state index is 10.4. The van der Waals surface area contributed by atoms with Crippen molar-refractivity contribution < 1.29 is 4.79 Å². The van der Waals surface area contributed by atoms with E-state index in [1.807, 2.05) is 6.92 Å². The first-order chi connectivity index (χ1) is 3.68. The highest BCUT2D eigenvalue weighted by molar-refractivity contribution is 6.30. The third kappa shape index (κ3) is 3.03. The van der Waals surface area contributed by atoms with Gasteiger partial charge in [-0.2, -0.15) is 0 Å². The van der Waals surface area contributed by atoms with Crippen LogP contribution in [0.2, 0.25) is 0 Å². The average Bonchev–Trinajstić information content (AvgIpc) is 1.67. The van der Waals surface area contributed by atoms with E-state index in [0.717, 1.165) is 12.8 Å². The van der Waals surface area contributed by atoms with Gasteiger partial charge in [0.1, 0.15) is 5.78 Å². The van der Waals surface area contributed by atoms with Gasteiger partial charge in [-0.15, -0.1) is 11.6 Å². The summed E-state index contributed by atoms with van der Waals surface area (Å²) in [4.78, 5) is 10.4.